The van der Waals surface area contributed by atoms with Crippen LogP contribution in [-0.4, -0.2) is 38.9 Å². The lowest BCUT2D eigenvalue weighted by atomic mass is 10.1. The Morgan fingerprint density at radius 2 is 1.83 bits per heavy atom. The highest BCUT2D eigenvalue weighted by atomic mass is 16.3. The molecule has 2 fully saturated rings. The quantitative estimate of drug-likeness (QED) is 0.520. The van der Waals surface area contributed by atoms with Gasteiger partial charge in [-0.2, -0.15) is 0 Å². The van der Waals surface area contributed by atoms with Gasteiger partial charge in [-0.1, -0.05) is 43.2 Å². The summed E-state index contributed by atoms with van der Waals surface area (Å²) in [7, 11) is 0. The first-order valence-electron chi connectivity index (χ1n) is 12.2. The van der Waals surface area contributed by atoms with Crippen molar-refractivity contribution >= 4 is 23.3 Å². The summed E-state index contributed by atoms with van der Waals surface area (Å²) in [6.07, 6.45) is 5.59. The summed E-state index contributed by atoms with van der Waals surface area (Å²) >= 11 is 0. The van der Waals surface area contributed by atoms with Crippen LogP contribution in [0.25, 0.3) is 0 Å². The number of nitrogens with zero attached hydrogens (tertiary/aromatic N) is 3. The summed E-state index contributed by atoms with van der Waals surface area (Å²) < 4.78 is 6.69. The maximum Gasteiger partial charge on any atom is 0.330 e. The molecule has 3 aromatic rings. The van der Waals surface area contributed by atoms with Gasteiger partial charge in [-0.05, 0) is 30.5 Å². The Balaban J connectivity index is 1.51. The van der Waals surface area contributed by atoms with Gasteiger partial charge >= 0.3 is 5.69 Å². The van der Waals surface area contributed by atoms with Crippen molar-refractivity contribution < 1.29 is 14.0 Å². The number of furan rings is 1. The molecule has 0 spiro atoms. The van der Waals surface area contributed by atoms with E-state index in [0.717, 1.165) is 31.2 Å². The van der Waals surface area contributed by atoms with E-state index < -0.39 is 23.1 Å². The maximum absolute atomic E-state index is 13.8. The fourth-order valence-electron chi connectivity index (χ4n) is 5.27. The summed E-state index contributed by atoms with van der Waals surface area (Å²) in [6, 6.07) is 12.7. The highest BCUT2D eigenvalue weighted by Gasteiger charge is 2.41. The van der Waals surface area contributed by atoms with Gasteiger partial charge in [0.15, 0.2) is 5.69 Å². The molecule has 1 saturated heterocycles. The number of nitrogens with one attached hydrogen (secondary N) is 1. The minimum atomic E-state index is -0.765. The van der Waals surface area contributed by atoms with Crippen LogP contribution in [0.2, 0.25) is 0 Å². The van der Waals surface area contributed by atoms with Gasteiger partial charge in [0.1, 0.15) is 11.6 Å². The zero-order valence-corrected chi connectivity index (χ0v) is 19.9. The molecular weight excluding hydrogens is 462 g/mol. The van der Waals surface area contributed by atoms with Crippen LogP contribution in [0.1, 0.15) is 43.4 Å². The Kier molecular flexibility index (Phi) is 6.49. The van der Waals surface area contributed by atoms with Crippen molar-refractivity contribution in [1.29, 1.82) is 0 Å². The van der Waals surface area contributed by atoms with E-state index in [2.05, 4.69) is 4.98 Å². The molecule has 1 aliphatic heterocycles. The lowest BCUT2D eigenvalue weighted by Gasteiger charge is -2.27. The number of benzene rings is 1. The average molecular weight is 492 g/mol. The molecule has 5 rings (SSSR count). The van der Waals surface area contributed by atoms with E-state index in [0.29, 0.717) is 12.3 Å². The predicted octanol–water partition coefficient (Wildman–Crippen LogP) is 2.08. The minimum Gasteiger partial charge on any atom is -0.467 e. The van der Waals surface area contributed by atoms with Crippen molar-refractivity contribution in [2.24, 2.45) is 5.92 Å². The average Bonchev–Trinajstić information content (AvgIpc) is 3.63. The van der Waals surface area contributed by atoms with Crippen LogP contribution in [-0.2, 0) is 22.7 Å². The number of likely N-dealkylation sites (tertiary alicyclic amines) is 1. The van der Waals surface area contributed by atoms with Crippen LogP contribution >= 0.6 is 0 Å². The van der Waals surface area contributed by atoms with Gasteiger partial charge in [-0.15, -0.1) is 0 Å². The van der Waals surface area contributed by atoms with Crippen LogP contribution in [0.3, 0.4) is 0 Å². The molecule has 10 heteroatoms. The minimum absolute atomic E-state index is 0.0471. The third kappa shape index (κ3) is 4.58. The lowest BCUT2D eigenvalue weighted by Crippen LogP contribution is -2.44. The van der Waals surface area contributed by atoms with E-state index >= 15 is 0 Å². The molecule has 3 N–H and O–H groups in total. The molecule has 2 aromatic heterocycles. The second kappa shape index (κ2) is 9.88. The Morgan fingerprint density at radius 3 is 2.53 bits per heavy atom. The van der Waals surface area contributed by atoms with Crippen molar-refractivity contribution in [2.75, 3.05) is 17.2 Å². The number of H-pyrrole nitrogens is 1. The van der Waals surface area contributed by atoms with Crippen molar-refractivity contribution in [3.63, 3.8) is 0 Å². The van der Waals surface area contributed by atoms with E-state index in [1.807, 2.05) is 35.2 Å². The van der Waals surface area contributed by atoms with Gasteiger partial charge in [0.25, 0.3) is 5.56 Å². The summed E-state index contributed by atoms with van der Waals surface area (Å²) in [6.45, 7) is 0.366. The molecule has 0 bridgehead atoms. The van der Waals surface area contributed by atoms with E-state index in [-0.39, 0.29) is 43.0 Å². The smallest absolute Gasteiger partial charge is 0.330 e. The molecule has 2 aliphatic rings. The highest BCUT2D eigenvalue weighted by molar-refractivity contribution is 6.00. The maximum atomic E-state index is 13.8. The van der Waals surface area contributed by atoms with E-state index in [9.17, 15) is 19.2 Å². The number of aromatic nitrogens is 2. The third-order valence-corrected chi connectivity index (χ3v) is 7.10. The fraction of sp³-hybridized carbons (Fsp3) is 0.385. The monoisotopic (exact) mass is 491 g/mol. The van der Waals surface area contributed by atoms with Crippen LogP contribution in [0.5, 0.6) is 0 Å². The van der Waals surface area contributed by atoms with Gasteiger partial charge in [0, 0.05) is 19.0 Å². The molecular formula is C26H29N5O5. The summed E-state index contributed by atoms with van der Waals surface area (Å²) in [4.78, 5) is 57.7. The lowest BCUT2D eigenvalue weighted by molar-refractivity contribution is -0.130. The van der Waals surface area contributed by atoms with E-state index in [1.165, 1.54) is 15.7 Å². The van der Waals surface area contributed by atoms with Gasteiger partial charge < -0.3 is 15.1 Å². The normalized spacial score (nSPS) is 18.2. The van der Waals surface area contributed by atoms with Crippen LogP contribution in [0.15, 0.2) is 62.7 Å². The number of amides is 2. The van der Waals surface area contributed by atoms with Gasteiger partial charge in [-0.25, -0.2) is 4.79 Å². The standard InChI is InChI=1S/C26H29N5O5/c27-23-22(24(33)28-26(35)31(23)14-17-7-2-1-3-8-17)30(16-20-11-6-12-36-20)25(34)18-13-21(32)29(15-18)19-9-4-5-10-19/h1-3,6-8,11-12,18-19H,4-5,9-10,13-16,27H2,(H,28,33,35)/t18-/m0/s1. The number of carbonyl (C=O) groups is 2. The van der Waals surface area contributed by atoms with Crippen molar-refractivity contribution in [2.45, 2.75) is 51.2 Å². The number of rotatable bonds is 7. The van der Waals surface area contributed by atoms with E-state index in [1.54, 1.807) is 12.1 Å². The number of hydrogen-bond acceptors (Lipinski definition) is 6. The molecule has 1 aromatic carbocycles. The van der Waals surface area contributed by atoms with Crippen LogP contribution in [0.4, 0.5) is 11.5 Å². The largest absolute Gasteiger partial charge is 0.467 e. The molecule has 3 heterocycles. The topological polar surface area (TPSA) is 135 Å². The van der Waals surface area contributed by atoms with Gasteiger partial charge in [-0.3, -0.25) is 28.8 Å². The first-order chi connectivity index (χ1) is 17.4. The molecule has 1 saturated carbocycles. The van der Waals surface area contributed by atoms with Crippen LogP contribution < -0.4 is 21.9 Å². The van der Waals surface area contributed by atoms with Crippen LogP contribution in [0, 0.1) is 5.92 Å². The highest BCUT2D eigenvalue weighted by Crippen LogP contribution is 2.32. The number of nitrogen functional groups attached to an aromatic ring is 1. The zero-order chi connectivity index (χ0) is 25.2. The Bertz CT molecular complexity index is 1360. The first-order valence-corrected chi connectivity index (χ1v) is 12.2. The Labute approximate surface area is 207 Å². The van der Waals surface area contributed by atoms with Gasteiger partial charge in [0.2, 0.25) is 11.8 Å². The van der Waals surface area contributed by atoms with Crippen molar-refractivity contribution in [3.8, 4) is 0 Å². The molecule has 10 nitrogen and oxygen atoms in total. The SMILES string of the molecule is Nc1c(N(Cc2ccco2)C(=O)[C@H]2CC(=O)N(C3CCCC3)C2)c(=O)[nH]c(=O)n1Cc1ccccc1. The molecule has 0 radical (unpaired) electrons. The molecule has 188 valence electrons. The van der Waals surface area contributed by atoms with Crippen molar-refractivity contribution in [1.82, 2.24) is 14.5 Å². The predicted molar refractivity (Wildman–Crippen MR) is 133 cm³/mol. The number of nitrogens with two attached hydrogens (primary N) is 1. The number of hydrogen-bond donors (Lipinski definition) is 2. The van der Waals surface area contributed by atoms with Gasteiger partial charge in [0.05, 0.1) is 25.3 Å². The first kappa shape index (κ1) is 23.7. The Hall–Kier alpha value is -4.08. The molecule has 1 atom stereocenters. The summed E-state index contributed by atoms with van der Waals surface area (Å²) in [5, 5.41) is 0. The Morgan fingerprint density at radius 1 is 1.08 bits per heavy atom. The summed E-state index contributed by atoms with van der Waals surface area (Å²) in [5.41, 5.74) is 5.64. The zero-order valence-electron chi connectivity index (χ0n) is 19.9. The third-order valence-electron chi connectivity index (χ3n) is 7.10. The molecule has 36 heavy (non-hydrogen) atoms. The molecule has 0 unspecified atom stereocenters. The fourth-order valence-corrected chi connectivity index (χ4v) is 5.27. The second-order valence-corrected chi connectivity index (χ2v) is 9.45. The molecule has 1 aliphatic carbocycles. The number of carbonyl (C=O) groups excluding carboxylic acids is 2. The number of aromatic amines is 1. The second-order valence-electron chi connectivity index (χ2n) is 9.45. The van der Waals surface area contributed by atoms with Crippen molar-refractivity contribution in [3.05, 3.63) is 80.9 Å². The number of anilines is 2. The summed E-state index contributed by atoms with van der Waals surface area (Å²) in [5.74, 6) is -0.748. The molecule has 2 amide bonds. The van der Waals surface area contributed by atoms with E-state index in [4.69, 9.17) is 10.2 Å².